The summed E-state index contributed by atoms with van der Waals surface area (Å²) in [7, 11) is 0. The van der Waals surface area contributed by atoms with Gasteiger partial charge in [-0.1, -0.05) is 77.6 Å². The molecule has 3 heteroatoms. The molecule has 0 aromatic carbocycles. The Labute approximate surface area is 143 Å². The summed E-state index contributed by atoms with van der Waals surface area (Å²) in [5, 5.41) is 0.392. The molecule has 0 fully saturated rings. The van der Waals surface area contributed by atoms with Gasteiger partial charge in [0.15, 0.2) is 0 Å². The molecule has 0 aliphatic rings. The molecule has 0 spiro atoms. The first-order valence-corrected chi connectivity index (χ1v) is 10.1. The predicted molar refractivity (Wildman–Crippen MR) is 98.6 cm³/mol. The molecular weight excluding hydrogens is 301 g/mol. The van der Waals surface area contributed by atoms with Crippen LogP contribution < -0.4 is 5.73 Å². The number of alkyl halides is 2. The van der Waals surface area contributed by atoms with Crippen LogP contribution in [0.5, 0.6) is 0 Å². The van der Waals surface area contributed by atoms with Crippen LogP contribution in [0, 0.1) is 0 Å². The molecule has 1 nitrogen and oxygen atoms in total. The van der Waals surface area contributed by atoms with Gasteiger partial charge in [0.1, 0.15) is 0 Å². The van der Waals surface area contributed by atoms with Gasteiger partial charge in [0.05, 0.1) is 0 Å². The molecule has 21 heavy (non-hydrogen) atoms. The van der Waals surface area contributed by atoms with Crippen LogP contribution in [-0.4, -0.2) is 17.3 Å². The van der Waals surface area contributed by atoms with E-state index in [9.17, 15) is 0 Å². The summed E-state index contributed by atoms with van der Waals surface area (Å²) in [4.78, 5) is 0. The van der Waals surface area contributed by atoms with Gasteiger partial charge in [-0.2, -0.15) is 0 Å². The van der Waals surface area contributed by atoms with Crippen molar-refractivity contribution in [1.82, 2.24) is 0 Å². The zero-order valence-electron chi connectivity index (χ0n) is 14.1. The van der Waals surface area contributed by atoms with Crippen LogP contribution >= 0.6 is 23.2 Å². The highest BCUT2D eigenvalue weighted by molar-refractivity contribution is 6.23. The minimum Gasteiger partial charge on any atom is -0.330 e. The van der Waals surface area contributed by atoms with E-state index in [0.717, 1.165) is 19.3 Å². The summed E-state index contributed by atoms with van der Waals surface area (Å²) >= 11 is 12.5. The topological polar surface area (TPSA) is 26.0 Å². The van der Waals surface area contributed by atoms with E-state index < -0.39 is 0 Å². The number of nitrogens with two attached hydrogens (primary N) is 1. The second-order valence-electron chi connectivity index (χ2n) is 6.33. The number of hydrogen-bond acceptors (Lipinski definition) is 1. The third kappa shape index (κ3) is 16.7. The predicted octanol–water partition coefficient (Wildman–Crippen LogP) is 6.64. The third-order valence-electron chi connectivity index (χ3n) is 4.11. The van der Waals surface area contributed by atoms with E-state index in [1.807, 2.05) is 0 Å². The fraction of sp³-hybridized carbons (Fsp3) is 1.00. The van der Waals surface area contributed by atoms with Crippen LogP contribution in [0.2, 0.25) is 0 Å². The molecule has 2 N–H and O–H groups in total. The highest BCUT2D eigenvalue weighted by Crippen LogP contribution is 2.19. The molecule has 0 aliphatic heterocycles. The molecule has 0 saturated heterocycles. The Morgan fingerprint density at radius 3 is 1.57 bits per heavy atom. The van der Waals surface area contributed by atoms with Gasteiger partial charge < -0.3 is 5.73 Å². The lowest BCUT2D eigenvalue weighted by Crippen LogP contribution is -2.13. The first-order chi connectivity index (χ1) is 10.2. The normalized spacial score (nSPS) is 14.3. The zero-order valence-corrected chi connectivity index (χ0v) is 15.6. The molecule has 128 valence electrons. The summed E-state index contributed by atoms with van der Waals surface area (Å²) in [6.07, 6.45) is 18.1. The minimum atomic E-state index is 0.158. The van der Waals surface area contributed by atoms with Crippen molar-refractivity contribution in [1.29, 1.82) is 0 Å². The molecule has 0 rings (SSSR count). The molecule has 0 amide bonds. The second-order valence-corrected chi connectivity index (χ2v) is 7.57. The lowest BCUT2D eigenvalue weighted by Gasteiger charge is -2.13. The monoisotopic (exact) mass is 337 g/mol. The molecule has 2 atom stereocenters. The average Bonchev–Trinajstić information content (AvgIpc) is 2.45. The molecule has 0 aromatic heterocycles. The minimum absolute atomic E-state index is 0.158. The SMILES string of the molecule is CCCCCCCCCCCCCC(Cl)CC(Cl)CCN. The molecule has 0 aliphatic carbocycles. The van der Waals surface area contributed by atoms with Crippen LogP contribution in [0.25, 0.3) is 0 Å². The molecule has 2 unspecified atom stereocenters. The summed E-state index contributed by atoms with van der Waals surface area (Å²) in [5.41, 5.74) is 5.49. The van der Waals surface area contributed by atoms with Gasteiger partial charge in [-0.15, -0.1) is 23.2 Å². The number of hydrogen-bond donors (Lipinski definition) is 1. The maximum absolute atomic E-state index is 6.31. The Morgan fingerprint density at radius 2 is 1.10 bits per heavy atom. The fourth-order valence-corrected chi connectivity index (χ4v) is 3.53. The lowest BCUT2D eigenvalue weighted by atomic mass is 10.0. The zero-order chi connectivity index (χ0) is 15.8. The van der Waals surface area contributed by atoms with Gasteiger partial charge in [0.25, 0.3) is 0 Å². The van der Waals surface area contributed by atoms with Gasteiger partial charge in [0.2, 0.25) is 0 Å². The maximum atomic E-state index is 6.31. The van der Waals surface area contributed by atoms with E-state index in [0.29, 0.717) is 6.54 Å². The Hall–Kier alpha value is 0.540. The van der Waals surface area contributed by atoms with Gasteiger partial charge in [-0.05, 0) is 25.8 Å². The Balaban J connectivity index is 3.17. The van der Waals surface area contributed by atoms with E-state index in [1.165, 1.54) is 70.6 Å². The summed E-state index contributed by atoms with van der Waals surface area (Å²) in [6, 6.07) is 0. The van der Waals surface area contributed by atoms with Crippen molar-refractivity contribution in [3.05, 3.63) is 0 Å². The van der Waals surface area contributed by atoms with Crippen molar-refractivity contribution >= 4 is 23.2 Å². The first kappa shape index (κ1) is 21.5. The van der Waals surface area contributed by atoms with Crippen LogP contribution in [0.1, 0.15) is 96.8 Å². The van der Waals surface area contributed by atoms with Crippen molar-refractivity contribution < 1.29 is 0 Å². The largest absolute Gasteiger partial charge is 0.330 e. The van der Waals surface area contributed by atoms with Gasteiger partial charge in [-0.25, -0.2) is 0 Å². The van der Waals surface area contributed by atoms with E-state index in [4.69, 9.17) is 28.9 Å². The van der Waals surface area contributed by atoms with Gasteiger partial charge in [-0.3, -0.25) is 0 Å². The van der Waals surface area contributed by atoms with Crippen LogP contribution in [0.3, 0.4) is 0 Å². The molecule has 0 saturated carbocycles. The molecule has 0 radical (unpaired) electrons. The van der Waals surface area contributed by atoms with Gasteiger partial charge in [0, 0.05) is 10.8 Å². The van der Waals surface area contributed by atoms with Crippen LogP contribution in [0.4, 0.5) is 0 Å². The van der Waals surface area contributed by atoms with Crippen molar-refractivity contribution in [3.63, 3.8) is 0 Å². The fourth-order valence-electron chi connectivity index (χ4n) is 2.72. The van der Waals surface area contributed by atoms with E-state index in [1.54, 1.807) is 0 Å². The Kier molecular flexibility index (Phi) is 17.3. The molecular formula is C18H37Cl2N. The first-order valence-electron chi connectivity index (χ1n) is 9.18. The van der Waals surface area contributed by atoms with E-state index >= 15 is 0 Å². The van der Waals surface area contributed by atoms with Crippen molar-refractivity contribution in [2.75, 3.05) is 6.54 Å². The number of unbranched alkanes of at least 4 members (excludes halogenated alkanes) is 10. The van der Waals surface area contributed by atoms with Crippen molar-refractivity contribution in [3.8, 4) is 0 Å². The highest BCUT2D eigenvalue weighted by atomic mass is 35.5. The highest BCUT2D eigenvalue weighted by Gasteiger charge is 2.11. The number of rotatable bonds is 16. The Morgan fingerprint density at radius 1 is 0.667 bits per heavy atom. The molecule has 0 aromatic rings. The number of halogens is 2. The van der Waals surface area contributed by atoms with E-state index in [-0.39, 0.29) is 10.8 Å². The molecule has 0 heterocycles. The average molecular weight is 338 g/mol. The quantitative estimate of drug-likeness (QED) is 0.248. The molecule has 0 bridgehead atoms. The van der Waals surface area contributed by atoms with E-state index in [2.05, 4.69) is 6.92 Å². The smallest absolute Gasteiger partial charge is 0.0362 e. The van der Waals surface area contributed by atoms with Crippen LogP contribution in [0.15, 0.2) is 0 Å². The summed E-state index contributed by atoms with van der Waals surface area (Å²) < 4.78 is 0. The maximum Gasteiger partial charge on any atom is 0.0362 e. The van der Waals surface area contributed by atoms with Crippen LogP contribution in [-0.2, 0) is 0 Å². The summed E-state index contributed by atoms with van der Waals surface area (Å²) in [5.74, 6) is 0. The Bertz CT molecular complexity index is 200. The van der Waals surface area contributed by atoms with Crippen molar-refractivity contribution in [2.24, 2.45) is 5.73 Å². The standard InChI is InChI=1S/C18H37Cl2N/c1-2-3-4-5-6-7-8-9-10-11-12-13-17(19)16-18(20)14-15-21/h17-18H,2-16,21H2,1H3. The van der Waals surface area contributed by atoms with Crippen molar-refractivity contribution in [2.45, 2.75) is 108 Å². The van der Waals surface area contributed by atoms with Gasteiger partial charge >= 0.3 is 0 Å². The second kappa shape index (κ2) is 16.9. The summed E-state index contributed by atoms with van der Waals surface area (Å²) in [6.45, 7) is 2.94. The lowest BCUT2D eigenvalue weighted by molar-refractivity contribution is 0.533. The third-order valence-corrected chi connectivity index (χ3v) is 4.91.